The van der Waals surface area contributed by atoms with Gasteiger partial charge in [0.15, 0.2) is 0 Å². The molecule has 0 spiro atoms. The molecule has 1 amide bonds. The van der Waals surface area contributed by atoms with E-state index in [1.165, 1.54) is 11.1 Å². The predicted octanol–water partition coefficient (Wildman–Crippen LogP) is 2.34. The molecule has 1 aliphatic rings. The van der Waals surface area contributed by atoms with Crippen LogP contribution in [0.5, 0.6) is 0 Å². The van der Waals surface area contributed by atoms with Crippen molar-refractivity contribution in [1.29, 1.82) is 0 Å². The van der Waals surface area contributed by atoms with Gasteiger partial charge in [-0.2, -0.15) is 0 Å². The summed E-state index contributed by atoms with van der Waals surface area (Å²) in [5, 5.41) is 7.86. The lowest BCUT2D eigenvalue weighted by Gasteiger charge is -2.37. The second kappa shape index (κ2) is 7.78. The zero-order chi connectivity index (χ0) is 17.8. The van der Waals surface area contributed by atoms with E-state index in [0.29, 0.717) is 18.3 Å². The van der Waals surface area contributed by atoms with Crippen molar-refractivity contribution in [2.24, 2.45) is 0 Å². The Bertz CT molecular complexity index is 726. The molecular formula is C19H27N5O. The molecule has 1 unspecified atom stereocenters. The Labute approximate surface area is 149 Å². The molecule has 0 bridgehead atoms. The van der Waals surface area contributed by atoms with Gasteiger partial charge in [-0.3, -0.25) is 9.69 Å². The summed E-state index contributed by atoms with van der Waals surface area (Å²) < 4.78 is 1.67. The molecule has 2 heterocycles. The molecule has 2 aromatic rings. The molecule has 1 aromatic heterocycles. The SMILES string of the molecule is CCn1nncc1C(=O)N1CCCC(N(C)Cc2cccc(C)c2)C1. The van der Waals surface area contributed by atoms with Crippen molar-refractivity contribution in [3.05, 3.63) is 47.3 Å². The third-order valence-electron chi connectivity index (χ3n) is 4.96. The van der Waals surface area contributed by atoms with Crippen LogP contribution in [0.1, 0.15) is 41.4 Å². The standard InChI is InChI=1S/C19H27N5O/c1-4-24-18(12-20-21-24)19(25)23-10-6-9-17(14-23)22(3)13-16-8-5-7-15(2)11-16/h5,7-8,11-12,17H,4,6,9-10,13-14H2,1-3H3. The van der Waals surface area contributed by atoms with E-state index in [1.807, 2.05) is 11.8 Å². The summed E-state index contributed by atoms with van der Waals surface area (Å²) >= 11 is 0. The maximum absolute atomic E-state index is 12.8. The van der Waals surface area contributed by atoms with Gasteiger partial charge in [-0.15, -0.1) is 5.10 Å². The van der Waals surface area contributed by atoms with E-state index in [2.05, 4.69) is 53.4 Å². The Morgan fingerprint density at radius 3 is 3.00 bits per heavy atom. The number of carbonyl (C=O) groups is 1. The average molecular weight is 341 g/mol. The molecule has 25 heavy (non-hydrogen) atoms. The van der Waals surface area contributed by atoms with Crippen molar-refractivity contribution >= 4 is 5.91 Å². The molecule has 0 saturated carbocycles. The number of aromatic nitrogens is 3. The Morgan fingerprint density at radius 1 is 1.40 bits per heavy atom. The fourth-order valence-electron chi connectivity index (χ4n) is 3.55. The van der Waals surface area contributed by atoms with E-state index in [1.54, 1.807) is 10.9 Å². The van der Waals surface area contributed by atoms with Gasteiger partial charge in [-0.1, -0.05) is 35.0 Å². The van der Waals surface area contributed by atoms with E-state index in [-0.39, 0.29) is 5.91 Å². The largest absolute Gasteiger partial charge is 0.336 e. The monoisotopic (exact) mass is 341 g/mol. The van der Waals surface area contributed by atoms with Gasteiger partial charge in [-0.25, -0.2) is 4.68 Å². The molecule has 0 radical (unpaired) electrons. The van der Waals surface area contributed by atoms with Crippen LogP contribution in [0, 0.1) is 6.92 Å². The molecule has 1 aliphatic heterocycles. The third-order valence-corrected chi connectivity index (χ3v) is 4.96. The normalized spacial score (nSPS) is 17.9. The van der Waals surface area contributed by atoms with E-state index in [9.17, 15) is 4.79 Å². The van der Waals surface area contributed by atoms with Crippen LogP contribution >= 0.6 is 0 Å². The fourth-order valence-corrected chi connectivity index (χ4v) is 3.55. The third kappa shape index (κ3) is 4.07. The molecular weight excluding hydrogens is 314 g/mol. The Balaban J connectivity index is 1.65. The fraction of sp³-hybridized carbons (Fsp3) is 0.526. The number of benzene rings is 1. The first kappa shape index (κ1) is 17.6. The number of hydrogen-bond donors (Lipinski definition) is 0. The predicted molar refractivity (Wildman–Crippen MR) is 97.3 cm³/mol. The van der Waals surface area contributed by atoms with Crippen molar-refractivity contribution < 1.29 is 4.79 Å². The summed E-state index contributed by atoms with van der Waals surface area (Å²) in [5.41, 5.74) is 3.19. The minimum absolute atomic E-state index is 0.0421. The highest BCUT2D eigenvalue weighted by Gasteiger charge is 2.28. The summed E-state index contributed by atoms with van der Waals surface area (Å²) in [5.74, 6) is 0.0421. The second-order valence-electron chi connectivity index (χ2n) is 6.89. The van der Waals surface area contributed by atoms with Gasteiger partial charge in [0.05, 0.1) is 6.20 Å². The highest BCUT2D eigenvalue weighted by atomic mass is 16.2. The zero-order valence-corrected chi connectivity index (χ0v) is 15.4. The molecule has 1 saturated heterocycles. The molecule has 0 aliphatic carbocycles. The van der Waals surface area contributed by atoms with Crippen LogP contribution in [0.2, 0.25) is 0 Å². The maximum atomic E-state index is 12.8. The van der Waals surface area contributed by atoms with Crippen LogP contribution in [-0.4, -0.2) is 56.9 Å². The van der Waals surface area contributed by atoms with E-state index < -0.39 is 0 Å². The van der Waals surface area contributed by atoms with Crippen LogP contribution < -0.4 is 0 Å². The van der Waals surface area contributed by atoms with Crippen molar-refractivity contribution in [2.75, 3.05) is 20.1 Å². The number of amides is 1. The smallest absolute Gasteiger partial charge is 0.273 e. The Hall–Kier alpha value is -2.21. The number of carbonyl (C=O) groups excluding carboxylic acids is 1. The minimum atomic E-state index is 0.0421. The molecule has 134 valence electrons. The van der Waals surface area contributed by atoms with Crippen molar-refractivity contribution in [1.82, 2.24) is 24.8 Å². The number of nitrogens with zero attached hydrogens (tertiary/aromatic N) is 5. The molecule has 6 nitrogen and oxygen atoms in total. The lowest BCUT2D eigenvalue weighted by atomic mass is 10.0. The van der Waals surface area contributed by atoms with E-state index in [0.717, 1.165) is 32.5 Å². The number of aryl methyl sites for hydroxylation is 2. The Kier molecular flexibility index (Phi) is 5.48. The van der Waals surface area contributed by atoms with Crippen LogP contribution in [0.25, 0.3) is 0 Å². The number of likely N-dealkylation sites (N-methyl/N-ethyl adjacent to an activating group) is 1. The van der Waals surface area contributed by atoms with Gasteiger partial charge in [0, 0.05) is 32.2 Å². The lowest BCUT2D eigenvalue weighted by molar-refractivity contribution is 0.0590. The number of hydrogen-bond acceptors (Lipinski definition) is 4. The van der Waals surface area contributed by atoms with Crippen LogP contribution in [0.3, 0.4) is 0 Å². The van der Waals surface area contributed by atoms with Gasteiger partial charge in [0.25, 0.3) is 5.91 Å². The van der Waals surface area contributed by atoms with Crippen LogP contribution in [0.15, 0.2) is 30.5 Å². The number of rotatable bonds is 5. The lowest BCUT2D eigenvalue weighted by Crippen LogP contribution is -2.48. The van der Waals surface area contributed by atoms with Gasteiger partial charge in [0.1, 0.15) is 5.69 Å². The highest BCUT2D eigenvalue weighted by molar-refractivity contribution is 5.92. The average Bonchev–Trinajstić information content (AvgIpc) is 3.10. The maximum Gasteiger partial charge on any atom is 0.273 e. The first-order valence-electron chi connectivity index (χ1n) is 9.02. The summed E-state index contributed by atoms with van der Waals surface area (Å²) in [4.78, 5) is 17.1. The summed E-state index contributed by atoms with van der Waals surface area (Å²) in [7, 11) is 2.15. The summed E-state index contributed by atoms with van der Waals surface area (Å²) in [6, 6.07) is 9.00. The van der Waals surface area contributed by atoms with Gasteiger partial charge in [-0.05, 0) is 39.3 Å². The first-order valence-corrected chi connectivity index (χ1v) is 9.02. The van der Waals surface area contributed by atoms with Crippen LogP contribution in [-0.2, 0) is 13.1 Å². The van der Waals surface area contributed by atoms with Gasteiger partial charge >= 0.3 is 0 Å². The minimum Gasteiger partial charge on any atom is -0.336 e. The van der Waals surface area contributed by atoms with Crippen molar-refractivity contribution in [2.45, 2.75) is 45.8 Å². The van der Waals surface area contributed by atoms with Crippen molar-refractivity contribution in [3.8, 4) is 0 Å². The molecule has 3 rings (SSSR count). The second-order valence-corrected chi connectivity index (χ2v) is 6.89. The highest BCUT2D eigenvalue weighted by Crippen LogP contribution is 2.19. The molecule has 1 aromatic carbocycles. The molecule has 6 heteroatoms. The zero-order valence-electron chi connectivity index (χ0n) is 15.4. The van der Waals surface area contributed by atoms with Gasteiger partial charge in [0.2, 0.25) is 0 Å². The molecule has 1 atom stereocenters. The van der Waals surface area contributed by atoms with E-state index in [4.69, 9.17) is 0 Å². The Morgan fingerprint density at radius 2 is 2.24 bits per heavy atom. The molecule has 1 fully saturated rings. The van der Waals surface area contributed by atoms with Gasteiger partial charge < -0.3 is 4.90 Å². The topological polar surface area (TPSA) is 54.3 Å². The van der Waals surface area contributed by atoms with E-state index >= 15 is 0 Å². The van der Waals surface area contributed by atoms with Crippen LogP contribution in [0.4, 0.5) is 0 Å². The van der Waals surface area contributed by atoms with Crippen molar-refractivity contribution in [3.63, 3.8) is 0 Å². The quantitative estimate of drug-likeness (QED) is 0.838. The number of likely N-dealkylation sites (tertiary alicyclic amines) is 1. The molecule has 0 N–H and O–H groups in total. The summed E-state index contributed by atoms with van der Waals surface area (Å²) in [6.07, 6.45) is 3.73. The first-order chi connectivity index (χ1) is 12.1. The summed E-state index contributed by atoms with van der Waals surface area (Å²) in [6.45, 7) is 7.22. The number of piperidine rings is 1.